The molecule has 1 aromatic carbocycles. The van der Waals surface area contributed by atoms with Crippen LogP contribution in [0.1, 0.15) is 11.3 Å². The first kappa shape index (κ1) is 14.4. The highest BCUT2D eigenvalue weighted by Gasteiger charge is 2.11. The van der Waals surface area contributed by atoms with Crippen LogP contribution in [0.2, 0.25) is 0 Å². The molecule has 0 atom stereocenters. The van der Waals surface area contributed by atoms with Crippen molar-refractivity contribution in [2.75, 3.05) is 0 Å². The summed E-state index contributed by atoms with van der Waals surface area (Å²) in [4.78, 5) is 19.2. The zero-order chi connectivity index (χ0) is 16.5. The van der Waals surface area contributed by atoms with Gasteiger partial charge in [-0.2, -0.15) is 0 Å². The van der Waals surface area contributed by atoms with E-state index in [1.807, 2.05) is 12.1 Å². The Morgan fingerprint density at radius 3 is 2.96 bits per heavy atom. The SMILES string of the molecule is O=CCc1ccc2nnn(Cc3cc4cccnc4cc3F)c2n1. The fraction of sp³-hybridized carbons (Fsp3) is 0.118. The number of carbonyl (C=O) groups excluding carboxylic acids is 1. The topological polar surface area (TPSA) is 73.6 Å². The predicted octanol–water partition coefficient (Wildman–Crippen LogP) is 2.30. The van der Waals surface area contributed by atoms with Crippen molar-refractivity contribution < 1.29 is 9.18 Å². The Bertz CT molecular complexity index is 1060. The molecule has 0 aliphatic heterocycles. The normalized spacial score (nSPS) is 11.2. The minimum Gasteiger partial charge on any atom is -0.303 e. The van der Waals surface area contributed by atoms with Crippen molar-refractivity contribution in [1.82, 2.24) is 25.0 Å². The number of aldehydes is 1. The van der Waals surface area contributed by atoms with Gasteiger partial charge in [0.2, 0.25) is 0 Å². The van der Waals surface area contributed by atoms with Gasteiger partial charge in [-0.3, -0.25) is 4.98 Å². The van der Waals surface area contributed by atoms with Crippen molar-refractivity contribution in [3.8, 4) is 0 Å². The molecule has 0 fully saturated rings. The fourth-order valence-corrected chi connectivity index (χ4v) is 2.62. The molecule has 3 heterocycles. The fourth-order valence-electron chi connectivity index (χ4n) is 2.62. The molecule has 0 aliphatic rings. The van der Waals surface area contributed by atoms with Crippen LogP contribution in [0.3, 0.4) is 0 Å². The van der Waals surface area contributed by atoms with E-state index in [1.54, 1.807) is 24.4 Å². The third-order valence-corrected chi connectivity index (χ3v) is 3.80. The van der Waals surface area contributed by atoms with Crippen LogP contribution < -0.4 is 0 Å². The van der Waals surface area contributed by atoms with Gasteiger partial charge in [-0.15, -0.1) is 5.10 Å². The highest BCUT2D eigenvalue weighted by Crippen LogP contribution is 2.19. The van der Waals surface area contributed by atoms with Crippen molar-refractivity contribution in [2.24, 2.45) is 0 Å². The van der Waals surface area contributed by atoms with E-state index in [1.165, 1.54) is 10.7 Å². The molecule has 0 unspecified atom stereocenters. The first-order chi connectivity index (χ1) is 11.7. The van der Waals surface area contributed by atoms with Crippen LogP contribution in [0, 0.1) is 5.82 Å². The molecule has 0 aliphatic carbocycles. The average Bonchev–Trinajstić information content (AvgIpc) is 2.98. The van der Waals surface area contributed by atoms with E-state index in [9.17, 15) is 9.18 Å². The molecule has 24 heavy (non-hydrogen) atoms. The van der Waals surface area contributed by atoms with Crippen LogP contribution in [-0.4, -0.2) is 31.2 Å². The standard InChI is InChI=1S/C17H12FN5O/c18-14-9-16-11(2-1-6-19-16)8-12(14)10-23-17-15(21-22-23)4-3-13(20-17)5-7-24/h1-4,6-9H,5,10H2. The van der Waals surface area contributed by atoms with Crippen LogP contribution in [0.25, 0.3) is 22.1 Å². The summed E-state index contributed by atoms with van der Waals surface area (Å²) in [5, 5.41) is 8.94. The van der Waals surface area contributed by atoms with Gasteiger partial charge in [0.25, 0.3) is 0 Å². The number of pyridine rings is 2. The van der Waals surface area contributed by atoms with Gasteiger partial charge in [-0.1, -0.05) is 11.3 Å². The summed E-state index contributed by atoms with van der Waals surface area (Å²) < 4.78 is 15.9. The Morgan fingerprint density at radius 2 is 2.08 bits per heavy atom. The largest absolute Gasteiger partial charge is 0.303 e. The van der Waals surface area contributed by atoms with Crippen LogP contribution >= 0.6 is 0 Å². The van der Waals surface area contributed by atoms with Crippen molar-refractivity contribution in [2.45, 2.75) is 13.0 Å². The number of halogens is 1. The lowest BCUT2D eigenvalue weighted by atomic mass is 10.1. The van der Waals surface area contributed by atoms with Gasteiger partial charge in [0.05, 0.1) is 17.8 Å². The van der Waals surface area contributed by atoms with Crippen LogP contribution in [0.5, 0.6) is 0 Å². The molecule has 0 amide bonds. The van der Waals surface area contributed by atoms with Crippen LogP contribution in [-0.2, 0) is 17.8 Å². The molecule has 7 heteroatoms. The summed E-state index contributed by atoms with van der Waals surface area (Å²) in [5.41, 5.74) is 2.84. The molecule has 118 valence electrons. The molecule has 3 aromatic heterocycles. The van der Waals surface area contributed by atoms with E-state index in [0.29, 0.717) is 27.9 Å². The summed E-state index contributed by atoms with van der Waals surface area (Å²) in [6.07, 6.45) is 2.64. The monoisotopic (exact) mass is 321 g/mol. The van der Waals surface area contributed by atoms with Gasteiger partial charge in [-0.05, 0) is 24.3 Å². The number of nitrogens with zero attached hydrogens (tertiary/aromatic N) is 5. The van der Waals surface area contributed by atoms with Gasteiger partial charge in [0.1, 0.15) is 17.6 Å². The van der Waals surface area contributed by atoms with Gasteiger partial charge in [0.15, 0.2) is 5.65 Å². The lowest BCUT2D eigenvalue weighted by Gasteiger charge is -2.06. The molecule has 4 aromatic rings. The number of hydrogen-bond acceptors (Lipinski definition) is 5. The maximum absolute atomic E-state index is 14.3. The zero-order valence-electron chi connectivity index (χ0n) is 12.6. The van der Waals surface area contributed by atoms with Crippen molar-refractivity contribution in [1.29, 1.82) is 0 Å². The molecular formula is C17H12FN5O. The van der Waals surface area contributed by atoms with Crippen molar-refractivity contribution in [3.05, 3.63) is 59.7 Å². The van der Waals surface area contributed by atoms with Gasteiger partial charge in [0, 0.05) is 29.6 Å². The summed E-state index contributed by atoms with van der Waals surface area (Å²) in [7, 11) is 0. The number of aromatic nitrogens is 5. The second-order valence-corrected chi connectivity index (χ2v) is 5.40. The van der Waals surface area contributed by atoms with Crippen LogP contribution in [0.15, 0.2) is 42.6 Å². The molecule has 0 saturated heterocycles. The summed E-state index contributed by atoms with van der Waals surface area (Å²) in [5.74, 6) is -0.353. The molecule has 0 bridgehead atoms. The number of fused-ring (bicyclic) bond motifs is 2. The smallest absolute Gasteiger partial charge is 0.179 e. The summed E-state index contributed by atoms with van der Waals surface area (Å²) in [6.45, 7) is 0.199. The quantitative estimate of drug-likeness (QED) is 0.539. The highest BCUT2D eigenvalue weighted by molar-refractivity contribution is 5.79. The van der Waals surface area contributed by atoms with E-state index in [0.717, 1.165) is 11.7 Å². The zero-order valence-corrected chi connectivity index (χ0v) is 12.6. The number of carbonyl (C=O) groups is 1. The second-order valence-electron chi connectivity index (χ2n) is 5.40. The Morgan fingerprint density at radius 1 is 1.17 bits per heavy atom. The third kappa shape index (κ3) is 2.50. The van der Waals surface area contributed by atoms with E-state index in [-0.39, 0.29) is 18.8 Å². The number of benzene rings is 1. The Labute approximate surface area is 136 Å². The maximum Gasteiger partial charge on any atom is 0.179 e. The van der Waals surface area contributed by atoms with E-state index < -0.39 is 0 Å². The number of rotatable bonds is 4. The maximum atomic E-state index is 14.3. The second kappa shape index (κ2) is 5.77. The average molecular weight is 321 g/mol. The number of hydrogen-bond donors (Lipinski definition) is 0. The molecule has 0 N–H and O–H groups in total. The van der Waals surface area contributed by atoms with Gasteiger partial charge >= 0.3 is 0 Å². The van der Waals surface area contributed by atoms with Crippen molar-refractivity contribution in [3.63, 3.8) is 0 Å². The third-order valence-electron chi connectivity index (χ3n) is 3.80. The van der Waals surface area contributed by atoms with Gasteiger partial charge < -0.3 is 4.79 Å². The molecule has 4 rings (SSSR count). The summed E-state index contributed by atoms with van der Waals surface area (Å²) in [6, 6.07) is 10.3. The van der Waals surface area contributed by atoms with E-state index in [2.05, 4.69) is 20.3 Å². The van der Waals surface area contributed by atoms with E-state index >= 15 is 0 Å². The lowest BCUT2D eigenvalue weighted by Crippen LogP contribution is -2.06. The van der Waals surface area contributed by atoms with Crippen molar-refractivity contribution >= 4 is 28.4 Å². The molecule has 6 nitrogen and oxygen atoms in total. The molecule has 0 saturated carbocycles. The molecule has 0 spiro atoms. The predicted molar refractivity (Wildman–Crippen MR) is 85.9 cm³/mol. The van der Waals surface area contributed by atoms with Crippen LogP contribution in [0.4, 0.5) is 4.39 Å². The highest BCUT2D eigenvalue weighted by atomic mass is 19.1. The molecular weight excluding hydrogens is 309 g/mol. The minimum absolute atomic E-state index is 0.199. The summed E-state index contributed by atoms with van der Waals surface area (Å²) >= 11 is 0. The Balaban J connectivity index is 1.77. The minimum atomic E-state index is -0.353. The first-order valence-electron chi connectivity index (χ1n) is 7.40. The van der Waals surface area contributed by atoms with Gasteiger partial charge in [-0.25, -0.2) is 14.1 Å². The lowest BCUT2D eigenvalue weighted by molar-refractivity contribution is -0.107. The first-order valence-corrected chi connectivity index (χ1v) is 7.40. The Hall–Kier alpha value is -3.22. The molecule has 0 radical (unpaired) electrons. The van der Waals surface area contributed by atoms with E-state index in [4.69, 9.17) is 0 Å². The Kier molecular flexibility index (Phi) is 3.45.